The van der Waals surface area contributed by atoms with Gasteiger partial charge in [-0.15, -0.1) is 0 Å². The summed E-state index contributed by atoms with van der Waals surface area (Å²) in [6, 6.07) is 2.20. The second-order valence-corrected chi connectivity index (χ2v) is 3.88. The van der Waals surface area contributed by atoms with Gasteiger partial charge in [0.1, 0.15) is 4.90 Å². The Morgan fingerprint density at radius 1 is 1.50 bits per heavy atom. The summed E-state index contributed by atoms with van der Waals surface area (Å²) in [4.78, 5) is 9.33. The second kappa shape index (κ2) is 4.04. The topological polar surface area (TPSA) is 83.3 Å². The van der Waals surface area contributed by atoms with Crippen LogP contribution in [-0.4, -0.2) is 13.7 Å². The lowest BCUT2D eigenvalue weighted by Gasteiger charge is -2.07. The number of rotatable bonds is 2. The van der Waals surface area contributed by atoms with E-state index in [9.17, 15) is 18.9 Å². The summed E-state index contributed by atoms with van der Waals surface area (Å²) < 4.78 is 21.3. The van der Waals surface area contributed by atoms with Crippen molar-refractivity contribution in [2.24, 2.45) is 0 Å². The van der Waals surface area contributed by atoms with E-state index in [1.165, 1.54) is 0 Å². The normalized spacial score (nSPS) is 12.5. The van der Waals surface area contributed by atoms with Crippen molar-refractivity contribution in [1.29, 1.82) is 0 Å². The molecule has 1 aromatic rings. The number of hydrogen-bond acceptors (Lipinski definition) is 4. The fourth-order valence-electron chi connectivity index (χ4n) is 0.924. The van der Waals surface area contributed by atoms with Gasteiger partial charge in [0.05, 0.1) is 4.92 Å². The van der Waals surface area contributed by atoms with E-state index in [0.29, 0.717) is 5.56 Å². The molecule has 0 aliphatic carbocycles. The van der Waals surface area contributed by atoms with Crippen molar-refractivity contribution in [2.75, 3.05) is 0 Å². The van der Waals surface area contributed by atoms with Crippen LogP contribution in [0.15, 0.2) is 17.0 Å². The third-order valence-electron chi connectivity index (χ3n) is 1.62. The fourth-order valence-corrected chi connectivity index (χ4v) is 1.67. The van der Waals surface area contributed by atoms with Crippen LogP contribution in [0.25, 0.3) is 0 Å². The van der Waals surface area contributed by atoms with Gasteiger partial charge in [0, 0.05) is 11.1 Å². The maximum atomic E-state index is 10.6. The predicted molar refractivity (Wildman–Crippen MR) is 50.0 cm³/mol. The van der Waals surface area contributed by atoms with Gasteiger partial charge < -0.3 is 4.55 Å². The summed E-state index contributed by atoms with van der Waals surface area (Å²) >= 11 is 2.98. The van der Waals surface area contributed by atoms with E-state index in [-0.39, 0.29) is 5.02 Å². The van der Waals surface area contributed by atoms with Gasteiger partial charge in [-0.2, -0.15) is 0 Å². The molecule has 1 unspecified atom stereocenters. The predicted octanol–water partition coefficient (Wildman–Crippen LogP) is 1.79. The highest BCUT2D eigenvalue weighted by atomic mass is 35.5. The Hall–Kier alpha value is -0.980. The first-order valence-electron chi connectivity index (χ1n) is 3.47. The van der Waals surface area contributed by atoms with Crippen molar-refractivity contribution in [3.63, 3.8) is 0 Å². The Morgan fingerprint density at radius 2 is 2.07 bits per heavy atom. The van der Waals surface area contributed by atoms with E-state index in [1.54, 1.807) is 6.92 Å². The molecule has 0 aliphatic rings. The van der Waals surface area contributed by atoms with E-state index >= 15 is 0 Å². The van der Waals surface area contributed by atoms with Crippen LogP contribution in [0.1, 0.15) is 5.56 Å². The zero-order valence-electron chi connectivity index (χ0n) is 7.02. The summed E-state index contributed by atoms with van der Waals surface area (Å²) in [7, 11) is 0. The SMILES string of the molecule is Cc1cc([N+](=O)[O-])c(S(=O)[O-])cc1Cl. The molecule has 1 atom stereocenters. The molecule has 7 heteroatoms. The molecule has 0 fully saturated rings. The summed E-state index contributed by atoms with van der Waals surface area (Å²) in [6.45, 7) is 1.56. The zero-order chi connectivity index (χ0) is 10.9. The first-order chi connectivity index (χ1) is 6.43. The Balaban J connectivity index is 3.46. The minimum Gasteiger partial charge on any atom is -0.768 e. The van der Waals surface area contributed by atoms with Crippen LogP contribution in [-0.2, 0) is 11.1 Å². The number of halogens is 1. The van der Waals surface area contributed by atoms with Crippen molar-refractivity contribution in [1.82, 2.24) is 0 Å². The maximum Gasteiger partial charge on any atom is 0.284 e. The van der Waals surface area contributed by atoms with Crippen LogP contribution in [0, 0.1) is 17.0 Å². The Kier molecular flexibility index (Phi) is 3.20. The van der Waals surface area contributed by atoms with Gasteiger partial charge in [0.15, 0.2) is 0 Å². The summed E-state index contributed by atoms with van der Waals surface area (Å²) in [5.74, 6) is 0. The van der Waals surface area contributed by atoms with Crippen LogP contribution in [0.5, 0.6) is 0 Å². The second-order valence-electron chi connectivity index (χ2n) is 2.56. The van der Waals surface area contributed by atoms with Gasteiger partial charge in [-0.05, 0) is 29.6 Å². The zero-order valence-corrected chi connectivity index (χ0v) is 8.59. The highest BCUT2D eigenvalue weighted by Crippen LogP contribution is 2.28. The van der Waals surface area contributed by atoms with Gasteiger partial charge in [0.2, 0.25) is 0 Å². The number of nitro groups is 1. The molecule has 0 bridgehead atoms. The van der Waals surface area contributed by atoms with Crippen molar-refractivity contribution < 1.29 is 13.7 Å². The van der Waals surface area contributed by atoms with Gasteiger partial charge in [-0.25, -0.2) is 0 Å². The molecule has 0 aromatic heterocycles. The van der Waals surface area contributed by atoms with Gasteiger partial charge >= 0.3 is 0 Å². The molecule has 76 valence electrons. The van der Waals surface area contributed by atoms with E-state index in [0.717, 1.165) is 12.1 Å². The number of nitrogens with zero attached hydrogens (tertiary/aromatic N) is 1. The average molecular weight is 235 g/mol. The molecular weight excluding hydrogens is 230 g/mol. The lowest BCUT2D eigenvalue weighted by Crippen LogP contribution is -1.98. The number of benzene rings is 1. The van der Waals surface area contributed by atoms with Crippen molar-refractivity contribution >= 4 is 28.4 Å². The summed E-state index contributed by atoms with van der Waals surface area (Å²) in [5, 5.41) is 10.7. The van der Waals surface area contributed by atoms with Crippen LogP contribution in [0.2, 0.25) is 5.02 Å². The van der Waals surface area contributed by atoms with E-state index in [2.05, 4.69) is 0 Å². The molecule has 1 aromatic carbocycles. The molecule has 14 heavy (non-hydrogen) atoms. The lowest BCUT2D eigenvalue weighted by molar-refractivity contribution is -0.387. The van der Waals surface area contributed by atoms with Crippen molar-refractivity contribution in [3.05, 3.63) is 32.8 Å². The quantitative estimate of drug-likeness (QED) is 0.444. The number of aryl methyl sites for hydroxylation is 1. The third kappa shape index (κ3) is 2.09. The van der Waals surface area contributed by atoms with Gasteiger partial charge in [0.25, 0.3) is 5.69 Å². The fraction of sp³-hybridized carbons (Fsp3) is 0.143. The number of nitro benzene ring substituents is 1. The van der Waals surface area contributed by atoms with Gasteiger partial charge in [-0.1, -0.05) is 11.6 Å². The monoisotopic (exact) mass is 234 g/mol. The Labute approximate surface area is 87.1 Å². The van der Waals surface area contributed by atoms with Crippen molar-refractivity contribution in [3.8, 4) is 0 Å². The van der Waals surface area contributed by atoms with E-state index < -0.39 is 26.6 Å². The molecule has 0 heterocycles. The van der Waals surface area contributed by atoms with Crippen LogP contribution in [0.4, 0.5) is 5.69 Å². The average Bonchev–Trinajstić information content (AvgIpc) is 2.08. The van der Waals surface area contributed by atoms with Crippen LogP contribution < -0.4 is 0 Å². The molecule has 5 nitrogen and oxygen atoms in total. The summed E-state index contributed by atoms with van der Waals surface area (Å²) in [6.07, 6.45) is 0. The van der Waals surface area contributed by atoms with E-state index in [4.69, 9.17) is 11.6 Å². The Morgan fingerprint density at radius 3 is 2.50 bits per heavy atom. The molecule has 0 saturated carbocycles. The first kappa shape index (κ1) is 11.1. The highest BCUT2D eigenvalue weighted by molar-refractivity contribution is 7.79. The number of hydrogen-bond donors (Lipinski definition) is 0. The molecular formula is C7H5ClNO4S-. The molecule has 0 radical (unpaired) electrons. The molecule has 0 aliphatic heterocycles. The minimum atomic E-state index is -2.66. The molecule has 0 amide bonds. The van der Waals surface area contributed by atoms with Crippen molar-refractivity contribution in [2.45, 2.75) is 11.8 Å². The smallest absolute Gasteiger partial charge is 0.284 e. The van der Waals surface area contributed by atoms with Gasteiger partial charge in [-0.3, -0.25) is 14.3 Å². The molecule has 1 rings (SSSR count). The third-order valence-corrected chi connectivity index (χ3v) is 2.71. The maximum absolute atomic E-state index is 10.6. The van der Waals surface area contributed by atoms with Crippen LogP contribution >= 0.6 is 11.6 Å². The minimum absolute atomic E-state index is 0.190. The van der Waals surface area contributed by atoms with E-state index in [1.807, 2.05) is 0 Å². The largest absolute Gasteiger partial charge is 0.768 e. The molecule has 0 N–H and O–H groups in total. The Bertz CT molecular complexity index is 381. The highest BCUT2D eigenvalue weighted by Gasteiger charge is 2.16. The lowest BCUT2D eigenvalue weighted by atomic mass is 10.2. The van der Waals surface area contributed by atoms with Crippen LogP contribution in [0.3, 0.4) is 0 Å². The molecule has 0 spiro atoms. The summed E-state index contributed by atoms with van der Waals surface area (Å²) in [5.41, 5.74) is 0.00722. The standard InChI is InChI=1S/C7H6ClNO4S/c1-4-2-6(9(10)11)7(14(12)13)3-5(4)8/h2-3H,1H3,(H,12,13)/p-1. The first-order valence-corrected chi connectivity index (χ1v) is 4.92. The molecule has 0 saturated heterocycles.